The van der Waals surface area contributed by atoms with Crippen LogP contribution in [0.4, 0.5) is 11.6 Å². The fraction of sp³-hybridized carbons (Fsp3) is 0.292. The van der Waals surface area contributed by atoms with E-state index in [-0.39, 0.29) is 18.0 Å². The number of aromatic nitrogens is 4. The number of benzene rings is 2. The molecular weight excluding hydrogens is 442 g/mol. The number of rotatable bonds is 4. The number of hydrogen-bond donors (Lipinski definition) is 0. The molecule has 33 heavy (non-hydrogen) atoms. The number of anilines is 2. The lowest BCUT2D eigenvalue weighted by atomic mass is 10.1. The standard InChI is InChI=1S/C24H24ClN5O3/c1-15-12-28(17-8-6-9-18(11-17)33-3)23-26-21-20(29(23)13-15)22(31)30(24(32)27(21)2)14-16-7-4-5-10-19(16)25/h4-11,15H,12-14H2,1-3H3. The average molecular weight is 466 g/mol. The summed E-state index contributed by atoms with van der Waals surface area (Å²) in [5.41, 5.74) is 1.62. The highest BCUT2D eigenvalue weighted by atomic mass is 35.5. The first-order valence-electron chi connectivity index (χ1n) is 10.7. The summed E-state index contributed by atoms with van der Waals surface area (Å²) in [5.74, 6) is 1.64. The molecule has 0 N–H and O–H groups in total. The van der Waals surface area contributed by atoms with Crippen LogP contribution in [0.2, 0.25) is 5.02 Å². The summed E-state index contributed by atoms with van der Waals surface area (Å²) in [7, 11) is 3.27. The molecule has 4 aromatic rings. The third-order valence-electron chi connectivity index (χ3n) is 6.09. The highest BCUT2D eigenvalue weighted by Gasteiger charge is 2.30. The molecule has 1 aliphatic rings. The van der Waals surface area contributed by atoms with Crippen LogP contribution in [0.15, 0.2) is 58.1 Å². The predicted molar refractivity (Wildman–Crippen MR) is 129 cm³/mol. The van der Waals surface area contributed by atoms with Crippen molar-refractivity contribution in [2.75, 3.05) is 18.6 Å². The van der Waals surface area contributed by atoms with Crippen molar-refractivity contribution in [1.29, 1.82) is 0 Å². The van der Waals surface area contributed by atoms with Gasteiger partial charge >= 0.3 is 5.69 Å². The maximum absolute atomic E-state index is 13.6. The van der Waals surface area contributed by atoms with Crippen molar-refractivity contribution >= 4 is 34.4 Å². The normalized spacial score (nSPS) is 15.6. The van der Waals surface area contributed by atoms with Crippen molar-refractivity contribution < 1.29 is 4.74 Å². The van der Waals surface area contributed by atoms with Gasteiger partial charge in [-0.15, -0.1) is 0 Å². The summed E-state index contributed by atoms with van der Waals surface area (Å²) in [6.07, 6.45) is 0. The number of halogens is 1. The zero-order valence-electron chi connectivity index (χ0n) is 18.7. The van der Waals surface area contributed by atoms with Gasteiger partial charge in [-0.3, -0.25) is 13.9 Å². The van der Waals surface area contributed by atoms with Gasteiger partial charge in [-0.1, -0.05) is 42.8 Å². The van der Waals surface area contributed by atoms with Crippen LogP contribution < -0.4 is 20.9 Å². The molecule has 2 aromatic carbocycles. The Morgan fingerprint density at radius 3 is 2.67 bits per heavy atom. The smallest absolute Gasteiger partial charge is 0.332 e. The van der Waals surface area contributed by atoms with E-state index in [9.17, 15) is 9.59 Å². The molecule has 0 bridgehead atoms. The number of fused-ring (bicyclic) bond motifs is 3. The Morgan fingerprint density at radius 1 is 1.12 bits per heavy atom. The van der Waals surface area contributed by atoms with Crippen LogP contribution in [0.25, 0.3) is 11.2 Å². The molecule has 0 amide bonds. The van der Waals surface area contributed by atoms with E-state index in [1.165, 1.54) is 9.13 Å². The van der Waals surface area contributed by atoms with Gasteiger partial charge in [-0.2, -0.15) is 4.98 Å². The Morgan fingerprint density at radius 2 is 1.91 bits per heavy atom. The molecule has 0 aliphatic carbocycles. The number of nitrogens with zero attached hydrogens (tertiary/aromatic N) is 5. The monoisotopic (exact) mass is 465 g/mol. The molecule has 2 aromatic heterocycles. The lowest BCUT2D eigenvalue weighted by molar-refractivity contribution is 0.414. The van der Waals surface area contributed by atoms with Gasteiger partial charge in [0, 0.05) is 36.9 Å². The topological polar surface area (TPSA) is 74.3 Å². The molecule has 1 unspecified atom stereocenters. The Hall–Kier alpha value is -3.52. The number of imidazole rings is 1. The predicted octanol–water partition coefficient (Wildman–Crippen LogP) is 3.39. The lowest BCUT2D eigenvalue weighted by Crippen LogP contribution is -2.40. The maximum Gasteiger partial charge on any atom is 0.332 e. The van der Waals surface area contributed by atoms with Gasteiger partial charge in [0.1, 0.15) is 5.75 Å². The van der Waals surface area contributed by atoms with Crippen molar-refractivity contribution in [2.45, 2.75) is 20.0 Å². The minimum absolute atomic E-state index is 0.0940. The van der Waals surface area contributed by atoms with Crippen LogP contribution in [0, 0.1) is 5.92 Å². The van der Waals surface area contributed by atoms with Crippen LogP contribution in [0.3, 0.4) is 0 Å². The molecule has 1 aliphatic heterocycles. The number of aryl methyl sites for hydroxylation is 1. The second-order valence-corrected chi connectivity index (χ2v) is 8.84. The minimum Gasteiger partial charge on any atom is -0.497 e. The van der Waals surface area contributed by atoms with E-state index in [0.29, 0.717) is 34.2 Å². The van der Waals surface area contributed by atoms with Gasteiger partial charge in [0.15, 0.2) is 11.2 Å². The zero-order chi connectivity index (χ0) is 23.3. The SMILES string of the molecule is COc1cccc(N2CC(C)Cn3c2nc2c3c(=O)n(Cc3ccccc3Cl)c(=O)n2C)c1. The summed E-state index contributed by atoms with van der Waals surface area (Å²) in [5, 5.41) is 0.514. The molecule has 0 radical (unpaired) electrons. The Kier molecular flexibility index (Phi) is 5.25. The fourth-order valence-electron chi connectivity index (χ4n) is 4.44. The molecule has 9 heteroatoms. The van der Waals surface area contributed by atoms with E-state index in [0.717, 1.165) is 18.0 Å². The van der Waals surface area contributed by atoms with Crippen molar-refractivity contribution in [3.8, 4) is 5.75 Å². The van der Waals surface area contributed by atoms with E-state index >= 15 is 0 Å². The molecule has 0 fully saturated rings. The Balaban J connectivity index is 1.72. The van der Waals surface area contributed by atoms with E-state index in [1.54, 1.807) is 20.2 Å². The van der Waals surface area contributed by atoms with Gasteiger partial charge in [-0.05, 0) is 29.7 Å². The first-order valence-corrected chi connectivity index (χ1v) is 11.1. The average Bonchev–Trinajstić information content (AvgIpc) is 3.20. The summed E-state index contributed by atoms with van der Waals surface area (Å²) in [6.45, 7) is 3.59. The largest absolute Gasteiger partial charge is 0.497 e. The van der Waals surface area contributed by atoms with Gasteiger partial charge in [0.2, 0.25) is 5.95 Å². The second-order valence-electron chi connectivity index (χ2n) is 8.44. The Bertz CT molecular complexity index is 1490. The molecular formula is C24H24ClN5O3. The van der Waals surface area contributed by atoms with Gasteiger partial charge in [0.05, 0.1) is 13.7 Å². The van der Waals surface area contributed by atoms with Crippen LogP contribution >= 0.6 is 11.6 Å². The Labute approximate surface area is 195 Å². The van der Waals surface area contributed by atoms with Gasteiger partial charge < -0.3 is 14.2 Å². The third kappa shape index (κ3) is 3.51. The summed E-state index contributed by atoms with van der Waals surface area (Å²) >= 11 is 6.30. The van der Waals surface area contributed by atoms with E-state index in [1.807, 2.05) is 47.0 Å². The molecule has 3 heterocycles. The fourth-order valence-corrected chi connectivity index (χ4v) is 4.63. The first-order chi connectivity index (χ1) is 15.9. The van der Waals surface area contributed by atoms with Crippen LogP contribution in [-0.4, -0.2) is 32.3 Å². The quantitative estimate of drug-likeness (QED) is 0.462. The number of methoxy groups -OCH3 is 1. The molecule has 8 nitrogen and oxygen atoms in total. The van der Waals surface area contributed by atoms with Gasteiger partial charge in [-0.25, -0.2) is 4.79 Å². The van der Waals surface area contributed by atoms with E-state index in [2.05, 4.69) is 11.8 Å². The van der Waals surface area contributed by atoms with E-state index < -0.39 is 5.69 Å². The van der Waals surface area contributed by atoms with Crippen LogP contribution in [0.5, 0.6) is 5.75 Å². The van der Waals surface area contributed by atoms with Crippen LogP contribution in [-0.2, 0) is 20.1 Å². The lowest BCUT2D eigenvalue weighted by Gasteiger charge is -2.33. The van der Waals surface area contributed by atoms with Crippen molar-refractivity contribution in [3.63, 3.8) is 0 Å². The van der Waals surface area contributed by atoms with Crippen LogP contribution in [0.1, 0.15) is 12.5 Å². The highest BCUT2D eigenvalue weighted by Crippen LogP contribution is 2.34. The number of hydrogen-bond acceptors (Lipinski definition) is 5. The number of ether oxygens (including phenoxy) is 1. The highest BCUT2D eigenvalue weighted by molar-refractivity contribution is 6.31. The third-order valence-corrected chi connectivity index (χ3v) is 6.46. The molecule has 5 rings (SSSR count). The molecule has 1 atom stereocenters. The molecule has 0 saturated heterocycles. The molecule has 0 saturated carbocycles. The van der Waals surface area contributed by atoms with Crippen molar-refractivity contribution in [2.24, 2.45) is 13.0 Å². The van der Waals surface area contributed by atoms with E-state index in [4.69, 9.17) is 21.3 Å². The maximum atomic E-state index is 13.6. The minimum atomic E-state index is -0.427. The van der Waals surface area contributed by atoms with Crippen molar-refractivity contribution in [1.82, 2.24) is 18.7 Å². The molecule has 0 spiro atoms. The summed E-state index contributed by atoms with van der Waals surface area (Å²) in [4.78, 5) is 33.6. The first kappa shape index (κ1) is 21.3. The summed E-state index contributed by atoms with van der Waals surface area (Å²) in [6, 6.07) is 15.0. The second kappa shape index (κ2) is 8.12. The zero-order valence-corrected chi connectivity index (χ0v) is 19.4. The van der Waals surface area contributed by atoms with Gasteiger partial charge in [0.25, 0.3) is 5.56 Å². The van der Waals surface area contributed by atoms with Crippen molar-refractivity contribution in [3.05, 3.63) is 80.0 Å². The summed E-state index contributed by atoms with van der Waals surface area (Å²) < 4.78 is 9.98. The molecule has 170 valence electrons.